The Morgan fingerprint density at radius 1 is 1.31 bits per heavy atom. The fourth-order valence-electron chi connectivity index (χ4n) is 3.79. The Kier molecular flexibility index (Phi) is 7.50. The molecule has 2 heterocycles. The maximum absolute atomic E-state index is 13.1. The Hall–Kier alpha value is -2.53. The molecule has 0 unspecified atom stereocenters. The van der Waals surface area contributed by atoms with Gasteiger partial charge in [0.05, 0.1) is 12.3 Å². The molecule has 10 heteroatoms. The number of oxime groups is 1. The molecule has 1 fully saturated rings. The van der Waals surface area contributed by atoms with Crippen molar-refractivity contribution in [3.63, 3.8) is 0 Å². The molecule has 5 atom stereocenters. The van der Waals surface area contributed by atoms with Crippen molar-refractivity contribution in [3.05, 3.63) is 29.3 Å². The summed E-state index contributed by atoms with van der Waals surface area (Å²) in [6.07, 6.45) is -4.56. The van der Waals surface area contributed by atoms with Crippen LogP contribution < -0.4 is 10.2 Å². The zero-order chi connectivity index (χ0) is 23.6. The monoisotopic (exact) mass is 449 g/mol. The van der Waals surface area contributed by atoms with E-state index in [0.29, 0.717) is 18.0 Å². The highest BCUT2D eigenvalue weighted by molar-refractivity contribution is 6.54. The highest BCUT2D eigenvalue weighted by Gasteiger charge is 2.46. The number of carbonyl (C=O) groups is 2. The lowest BCUT2D eigenvalue weighted by atomic mass is 9.97. The molecule has 176 valence electrons. The van der Waals surface area contributed by atoms with Gasteiger partial charge in [-0.15, -0.1) is 0 Å². The SMILES string of the molecule is CC(=O)N[C@@H]1[C@H](O/N=C2\C(=O)N(CCC(C)C)c3ccc(C)cc32)O[C@H](CO)[C@H](O)[C@@H]1O. The van der Waals surface area contributed by atoms with Crippen molar-refractivity contribution >= 4 is 23.2 Å². The maximum atomic E-state index is 13.1. The van der Waals surface area contributed by atoms with Gasteiger partial charge in [0.2, 0.25) is 12.2 Å². The molecule has 0 aromatic heterocycles. The van der Waals surface area contributed by atoms with Gasteiger partial charge in [0.15, 0.2) is 5.71 Å². The number of fused-ring (bicyclic) bond motifs is 1. The Morgan fingerprint density at radius 3 is 2.66 bits per heavy atom. The van der Waals surface area contributed by atoms with Crippen molar-refractivity contribution < 1.29 is 34.5 Å². The largest absolute Gasteiger partial charge is 0.394 e. The molecule has 1 saturated heterocycles. The Labute approximate surface area is 186 Å². The Morgan fingerprint density at radius 2 is 2.03 bits per heavy atom. The van der Waals surface area contributed by atoms with Crippen molar-refractivity contribution in [1.29, 1.82) is 0 Å². The second-order valence-electron chi connectivity index (χ2n) is 8.64. The molecule has 0 radical (unpaired) electrons. The standard InChI is InChI=1S/C22H31N3O7/c1-11(2)7-8-25-15-6-5-12(3)9-14(15)17(21(25)30)24-32-22-18(23-13(4)27)20(29)19(28)16(10-26)31-22/h5-6,9,11,16,18-20,22,26,28-29H,7-8,10H2,1-4H3,(H,23,27)/b24-17-/t16-,18+,19+,20-,22+/m1/s1. The van der Waals surface area contributed by atoms with E-state index >= 15 is 0 Å². The van der Waals surface area contributed by atoms with Crippen LogP contribution in [0.1, 0.15) is 38.3 Å². The van der Waals surface area contributed by atoms with Crippen molar-refractivity contribution in [2.75, 3.05) is 18.1 Å². The highest BCUT2D eigenvalue weighted by Crippen LogP contribution is 2.31. The number of rotatable bonds is 7. The van der Waals surface area contributed by atoms with Crippen LogP contribution in [0.5, 0.6) is 0 Å². The van der Waals surface area contributed by atoms with Crippen molar-refractivity contribution in [2.45, 2.75) is 64.8 Å². The zero-order valence-corrected chi connectivity index (χ0v) is 18.7. The molecule has 2 aliphatic rings. The molecule has 1 aromatic carbocycles. The number of carbonyl (C=O) groups excluding carboxylic acids is 2. The van der Waals surface area contributed by atoms with Crippen LogP contribution >= 0.6 is 0 Å². The van der Waals surface area contributed by atoms with Gasteiger partial charge in [-0.05, 0) is 31.4 Å². The van der Waals surface area contributed by atoms with E-state index in [1.807, 2.05) is 25.1 Å². The van der Waals surface area contributed by atoms with Crippen LogP contribution in [0, 0.1) is 12.8 Å². The minimum Gasteiger partial charge on any atom is -0.394 e. The third-order valence-corrected chi connectivity index (χ3v) is 5.57. The van der Waals surface area contributed by atoms with Crippen LogP contribution in [0.4, 0.5) is 5.69 Å². The van der Waals surface area contributed by atoms with Gasteiger partial charge < -0.3 is 35.1 Å². The van der Waals surface area contributed by atoms with Crippen LogP contribution in [0.3, 0.4) is 0 Å². The summed E-state index contributed by atoms with van der Waals surface area (Å²) < 4.78 is 5.52. The van der Waals surface area contributed by atoms with Crippen molar-refractivity contribution in [3.8, 4) is 0 Å². The van der Waals surface area contributed by atoms with E-state index in [2.05, 4.69) is 24.3 Å². The van der Waals surface area contributed by atoms with E-state index in [0.717, 1.165) is 17.7 Å². The van der Waals surface area contributed by atoms with Gasteiger partial charge in [-0.1, -0.05) is 30.6 Å². The van der Waals surface area contributed by atoms with Gasteiger partial charge >= 0.3 is 0 Å². The molecular formula is C22H31N3O7. The predicted molar refractivity (Wildman–Crippen MR) is 116 cm³/mol. The smallest absolute Gasteiger partial charge is 0.281 e. The molecule has 10 nitrogen and oxygen atoms in total. The number of benzene rings is 1. The van der Waals surface area contributed by atoms with Gasteiger partial charge in [-0.2, -0.15) is 0 Å². The molecule has 4 N–H and O–H groups in total. The summed E-state index contributed by atoms with van der Waals surface area (Å²) in [7, 11) is 0. The van der Waals surface area contributed by atoms with Crippen LogP contribution in [0.15, 0.2) is 23.4 Å². The average molecular weight is 450 g/mol. The van der Waals surface area contributed by atoms with Gasteiger partial charge in [0, 0.05) is 19.0 Å². The number of hydrogen-bond acceptors (Lipinski definition) is 8. The molecular weight excluding hydrogens is 418 g/mol. The molecule has 32 heavy (non-hydrogen) atoms. The number of aliphatic hydroxyl groups is 3. The normalized spacial score (nSPS) is 28.9. The second-order valence-corrected chi connectivity index (χ2v) is 8.64. The fraction of sp³-hybridized carbons (Fsp3) is 0.591. The lowest BCUT2D eigenvalue weighted by Gasteiger charge is -2.40. The lowest BCUT2D eigenvalue weighted by molar-refractivity contribution is -0.270. The number of hydrogen-bond donors (Lipinski definition) is 4. The van der Waals surface area contributed by atoms with Crippen LogP contribution in [0.25, 0.3) is 0 Å². The number of anilines is 1. The minimum absolute atomic E-state index is 0.0822. The van der Waals surface area contributed by atoms with Gasteiger partial charge in [-0.25, -0.2) is 0 Å². The molecule has 3 rings (SSSR count). The minimum atomic E-state index is -1.47. The van der Waals surface area contributed by atoms with Crippen LogP contribution in [-0.2, 0) is 19.2 Å². The number of aryl methyl sites for hydroxylation is 1. The van der Waals surface area contributed by atoms with E-state index < -0.39 is 43.2 Å². The number of nitrogens with zero attached hydrogens (tertiary/aromatic N) is 2. The van der Waals surface area contributed by atoms with E-state index in [1.54, 1.807) is 4.90 Å². The predicted octanol–water partition coefficient (Wildman–Crippen LogP) is 0.0521. The first-order valence-electron chi connectivity index (χ1n) is 10.7. The summed E-state index contributed by atoms with van der Waals surface area (Å²) in [6, 6.07) is 4.47. The van der Waals surface area contributed by atoms with Crippen molar-refractivity contribution in [2.24, 2.45) is 11.1 Å². The van der Waals surface area contributed by atoms with Gasteiger partial charge in [-0.3, -0.25) is 9.59 Å². The van der Waals surface area contributed by atoms with E-state index in [1.165, 1.54) is 6.92 Å². The molecule has 0 spiro atoms. The van der Waals surface area contributed by atoms with Gasteiger partial charge in [0.25, 0.3) is 5.91 Å². The number of aliphatic hydroxyl groups excluding tert-OH is 3. The summed E-state index contributed by atoms with van der Waals surface area (Å²) >= 11 is 0. The number of ether oxygens (including phenoxy) is 1. The first-order chi connectivity index (χ1) is 15.1. The Balaban J connectivity index is 1.89. The van der Waals surface area contributed by atoms with Crippen molar-refractivity contribution in [1.82, 2.24) is 5.32 Å². The molecule has 2 amide bonds. The molecule has 0 saturated carbocycles. The van der Waals surface area contributed by atoms with E-state index in [9.17, 15) is 24.9 Å². The zero-order valence-electron chi connectivity index (χ0n) is 18.7. The van der Waals surface area contributed by atoms with Crippen LogP contribution in [-0.4, -0.2) is 76.6 Å². The topological polar surface area (TPSA) is 141 Å². The summed E-state index contributed by atoms with van der Waals surface area (Å²) in [6.45, 7) is 7.25. The highest BCUT2D eigenvalue weighted by atomic mass is 16.8. The second kappa shape index (κ2) is 9.95. The van der Waals surface area contributed by atoms with Gasteiger partial charge in [0.1, 0.15) is 24.4 Å². The van der Waals surface area contributed by atoms with E-state index in [4.69, 9.17) is 9.57 Å². The summed E-state index contributed by atoms with van der Waals surface area (Å²) in [5.74, 6) is -0.393. The first-order valence-corrected chi connectivity index (χ1v) is 10.7. The average Bonchev–Trinajstić information content (AvgIpc) is 2.99. The first kappa shape index (κ1) is 24.1. The Bertz CT molecular complexity index is 888. The maximum Gasteiger partial charge on any atom is 0.281 e. The number of amides is 2. The fourth-order valence-corrected chi connectivity index (χ4v) is 3.79. The van der Waals surface area contributed by atoms with E-state index in [-0.39, 0.29) is 11.6 Å². The quantitative estimate of drug-likeness (QED) is 0.431. The third kappa shape index (κ3) is 4.93. The molecule has 2 aliphatic heterocycles. The number of nitrogens with one attached hydrogen (secondary N) is 1. The molecule has 1 aromatic rings. The lowest BCUT2D eigenvalue weighted by Crippen LogP contribution is -2.64. The van der Waals surface area contributed by atoms with Crippen LogP contribution in [0.2, 0.25) is 0 Å². The third-order valence-electron chi connectivity index (χ3n) is 5.57. The summed E-state index contributed by atoms with van der Waals surface area (Å²) in [4.78, 5) is 31.9. The summed E-state index contributed by atoms with van der Waals surface area (Å²) in [5.41, 5.74) is 2.37. The molecule has 0 bridgehead atoms. The summed E-state index contributed by atoms with van der Waals surface area (Å²) in [5, 5.41) is 36.5. The molecule has 0 aliphatic carbocycles.